The molecule has 0 aliphatic carbocycles. The van der Waals surface area contributed by atoms with E-state index in [1.165, 1.54) is 12.1 Å². The van der Waals surface area contributed by atoms with Gasteiger partial charge in [-0.25, -0.2) is 0 Å². The molecule has 3 N–H and O–H groups in total. The summed E-state index contributed by atoms with van der Waals surface area (Å²) in [6, 6.07) is 5.17. The summed E-state index contributed by atoms with van der Waals surface area (Å²) in [6.45, 7) is 6.38. The molecule has 138 valence electrons. The summed E-state index contributed by atoms with van der Waals surface area (Å²) >= 11 is 0. The Labute approximate surface area is 147 Å². The molecule has 0 radical (unpaired) electrons. The maximum atomic E-state index is 12.7. The lowest BCUT2D eigenvalue weighted by Crippen LogP contribution is -2.54. The van der Waals surface area contributed by atoms with Crippen molar-refractivity contribution >= 4 is 5.70 Å². The van der Waals surface area contributed by atoms with Gasteiger partial charge in [-0.2, -0.15) is 13.2 Å². The summed E-state index contributed by atoms with van der Waals surface area (Å²) in [7, 11) is 0. The van der Waals surface area contributed by atoms with Crippen molar-refractivity contribution in [1.29, 1.82) is 0 Å². The number of likely N-dealkylation sites (tertiary alicyclic amines) is 1. The molecule has 3 rings (SSSR count). The third-order valence-corrected chi connectivity index (χ3v) is 5.72. The van der Waals surface area contributed by atoms with Crippen molar-refractivity contribution in [3.05, 3.63) is 41.0 Å². The number of nitrogens with one attached hydrogen (secondary N) is 1. The molecule has 2 aliphatic heterocycles. The van der Waals surface area contributed by atoms with Crippen LogP contribution in [0.25, 0.3) is 5.70 Å². The molecular weight excluding hydrogens is 327 g/mol. The lowest BCUT2D eigenvalue weighted by Gasteiger charge is -2.46. The summed E-state index contributed by atoms with van der Waals surface area (Å²) in [5.41, 5.74) is 8.36. The third kappa shape index (κ3) is 4.01. The molecule has 1 aromatic carbocycles. The SMILES string of the molecule is CC1(N2CCC(=C(N)c3ccc(C(F)(F)F)cc3)CC2)CCNCC1. The Hall–Kier alpha value is -1.53. The fourth-order valence-electron chi connectivity index (χ4n) is 3.91. The van der Waals surface area contributed by atoms with Gasteiger partial charge in [-0.3, -0.25) is 4.90 Å². The second-order valence-corrected chi connectivity index (χ2v) is 7.33. The minimum absolute atomic E-state index is 0.250. The van der Waals surface area contributed by atoms with E-state index in [9.17, 15) is 13.2 Å². The molecule has 2 fully saturated rings. The molecule has 2 aliphatic rings. The van der Waals surface area contributed by atoms with Crippen LogP contribution in [0.1, 0.15) is 43.7 Å². The normalized spacial score (nSPS) is 22.0. The minimum atomic E-state index is -4.31. The number of nitrogens with zero attached hydrogens (tertiary/aromatic N) is 1. The molecule has 2 heterocycles. The van der Waals surface area contributed by atoms with Gasteiger partial charge < -0.3 is 11.1 Å². The second-order valence-electron chi connectivity index (χ2n) is 7.33. The molecule has 0 aromatic heterocycles. The van der Waals surface area contributed by atoms with Gasteiger partial charge in [0.2, 0.25) is 0 Å². The van der Waals surface area contributed by atoms with Crippen LogP contribution in [0.3, 0.4) is 0 Å². The molecule has 2 saturated heterocycles. The first kappa shape index (κ1) is 18.3. The van der Waals surface area contributed by atoms with Crippen LogP contribution < -0.4 is 11.1 Å². The highest BCUT2D eigenvalue weighted by molar-refractivity contribution is 5.66. The highest BCUT2D eigenvalue weighted by Gasteiger charge is 2.35. The van der Waals surface area contributed by atoms with Gasteiger partial charge in [0.15, 0.2) is 0 Å². The number of rotatable bonds is 2. The Kier molecular flexibility index (Phi) is 5.11. The van der Waals surface area contributed by atoms with Crippen LogP contribution in [0.15, 0.2) is 29.8 Å². The molecule has 0 atom stereocenters. The molecule has 1 aromatic rings. The fraction of sp³-hybridized carbons (Fsp3) is 0.579. The molecule has 25 heavy (non-hydrogen) atoms. The Morgan fingerprint density at radius 1 is 1.08 bits per heavy atom. The zero-order chi connectivity index (χ0) is 18.1. The van der Waals surface area contributed by atoms with E-state index in [0.29, 0.717) is 11.3 Å². The highest BCUT2D eigenvalue weighted by atomic mass is 19.4. The van der Waals surface area contributed by atoms with Crippen molar-refractivity contribution in [2.75, 3.05) is 26.2 Å². The van der Waals surface area contributed by atoms with E-state index in [2.05, 4.69) is 17.1 Å². The summed E-state index contributed by atoms with van der Waals surface area (Å²) in [4.78, 5) is 2.55. The van der Waals surface area contributed by atoms with Crippen LogP contribution in [-0.2, 0) is 6.18 Å². The largest absolute Gasteiger partial charge is 0.416 e. The quantitative estimate of drug-likeness (QED) is 0.853. The van der Waals surface area contributed by atoms with Crippen molar-refractivity contribution in [3.63, 3.8) is 0 Å². The lowest BCUT2D eigenvalue weighted by molar-refractivity contribution is -0.137. The van der Waals surface area contributed by atoms with Gasteiger partial charge >= 0.3 is 6.18 Å². The summed E-state index contributed by atoms with van der Waals surface area (Å²) < 4.78 is 38.0. The first-order valence-electron chi connectivity index (χ1n) is 8.90. The molecule has 6 heteroatoms. The number of hydrogen-bond donors (Lipinski definition) is 2. The van der Waals surface area contributed by atoms with Crippen LogP contribution in [-0.4, -0.2) is 36.6 Å². The van der Waals surface area contributed by atoms with Crippen molar-refractivity contribution in [2.24, 2.45) is 5.73 Å². The summed E-state index contributed by atoms with van der Waals surface area (Å²) in [5.74, 6) is 0. The number of piperidine rings is 2. The Morgan fingerprint density at radius 2 is 1.64 bits per heavy atom. The molecule has 0 bridgehead atoms. The average Bonchev–Trinajstić information content (AvgIpc) is 2.61. The van der Waals surface area contributed by atoms with Gasteiger partial charge in [-0.15, -0.1) is 0 Å². The number of nitrogens with two attached hydrogens (primary N) is 1. The van der Waals surface area contributed by atoms with Crippen LogP contribution in [0, 0.1) is 0 Å². The van der Waals surface area contributed by atoms with Crippen molar-refractivity contribution in [2.45, 2.75) is 44.3 Å². The number of alkyl halides is 3. The Morgan fingerprint density at radius 3 is 2.16 bits per heavy atom. The predicted octanol–water partition coefficient (Wildman–Crippen LogP) is 3.61. The average molecular weight is 353 g/mol. The van der Waals surface area contributed by atoms with Gasteiger partial charge in [0.05, 0.1) is 5.56 Å². The second kappa shape index (κ2) is 7.00. The van der Waals surface area contributed by atoms with E-state index in [4.69, 9.17) is 5.73 Å². The van der Waals surface area contributed by atoms with E-state index in [1.54, 1.807) is 0 Å². The smallest absolute Gasteiger partial charge is 0.398 e. The topological polar surface area (TPSA) is 41.3 Å². The lowest BCUT2D eigenvalue weighted by atomic mass is 9.86. The maximum absolute atomic E-state index is 12.7. The minimum Gasteiger partial charge on any atom is -0.398 e. The molecular formula is C19H26F3N3. The number of halogens is 3. The monoisotopic (exact) mass is 353 g/mol. The number of benzene rings is 1. The van der Waals surface area contributed by atoms with E-state index < -0.39 is 11.7 Å². The molecule has 0 amide bonds. The first-order chi connectivity index (χ1) is 11.8. The standard InChI is InChI=1S/C19H26F3N3/c1-18(8-10-24-11-9-18)25-12-6-15(7-13-25)17(23)14-2-4-16(5-3-14)19(20,21)22/h2-5,24H,6-13,23H2,1H3. The van der Waals surface area contributed by atoms with Gasteiger partial charge in [0.1, 0.15) is 0 Å². The Balaban J connectivity index is 1.68. The molecule has 0 spiro atoms. The third-order valence-electron chi connectivity index (χ3n) is 5.72. The zero-order valence-corrected chi connectivity index (χ0v) is 14.6. The van der Waals surface area contributed by atoms with Gasteiger partial charge in [0.25, 0.3) is 0 Å². The van der Waals surface area contributed by atoms with Crippen molar-refractivity contribution < 1.29 is 13.2 Å². The molecule has 0 saturated carbocycles. The van der Waals surface area contributed by atoms with Crippen LogP contribution >= 0.6 is 0 Å². The van der Waals surface area contributed by atoms with Crippen LogP contribution in [0.2, 0.25) is 0 Å². The summed E-state index contributed by atoms with van der Waals surface area (Å²) in [5, 5.41) is 3.41. The number of hydrogen-bond acceptors (Lipinski definition) is 3. The first-order valence-corrected chi connectivity index (χ1v) is 8.90. The van der Waals surface area contributed by atoms with Crippen molar-refractivity contribution in [3.8, 4) is 0 Å². The van der Waals surface area contributed by atoms with Crippen LogP contribution in [0.4, 0.5) is 13.2 Å². The van der Waals surface area contributed by atoms with E-state index in [0.717, 1.165) is 69.6 Å². The van der Waals surface area contributed by atoms with E-state index in [1.807, 2.05) is 0 Å². The van der Waals surface area contributed by atoms with E-state index >= 15 is 0 Å². The highest BCUT2D eigenvalue weighted by Crippen LogP contribution is 2.33. The maximum Gasteiger partial charge on any atom is 0.416 e. The zero-order valence-electron chi connectivity index (χ0n) is 14.6. The van der Waals surface area contributed by atoms with Gasteiger partial charge in [-0.1, -0.05) is 12.1 Å². The fourth-order valence-corrected chi connectivity index (χ4v) is 3.91. The predicted molar refractivity (Wildman–Crippen MR) is 93.9 cm³/mol. The van der Waals surface area contributed by atoms with Crippen LogP contribution in [0.5, 0.6) is 0 Å². The summed E-state index contributed by atoms with van der Waals surface area (Å²) in [6.07, 6.45) is -0.233. The van der Waals surface area contributed by atoms with Gasteiger partial charge in [-0.05, 0) is 69.0 Å². The molecule has 3 nitrogen and oxygen atoms in total. The molecule has 0 unspecified atom stereocenters. The van der Waals surface area contributed by atoms with E-state index in [-0.39, 0.29) is 5.54 Å². The van der Waals surface area contributed by atoms with Gasteiger partial charge in [0, 0.05) is 24.3 Å². The van der Waals surface area contributed by atoms with Crippen molar-refractivity contribution in [1.82, 2.24) is 10.2 Å². The Bertz CT molecular complexity index is 618.